The van der Waals surface area contributed by atoms with Crippen molar-refractivity contribution in [2.45, 2.75) is 11.9 Å². The topological polar surface area (TPSA) is 64.1 Å². The van der Waals surface area contributed by atoms with Crippen LogP contribution in [0.15, 0.2) is 96.0 Å². The second-order valence-corrected chi connectivity index (χ2v) is 8.66. The average molecular weight is 466 g/mol. The number of anilines is 1. The van der Waals surface area contributed by atoms with Crippen molar-refractivity contribution in [2.24, 2.45) is 0 Å². The van der Waals surface area contributed by atoms with Crippen LogP contribution in [0.3, 0.4) is 0 Å². The standard InChI is InChI=1S/C28H23N3O2S/c1-2-33-22-15-13-21(14-16-22)29-25(32)18-34-28-24-17-12-19-8-6-7-11-23(19)26(24)30-27(31-28)20-9-4-3-5-10-20/h3-17H,2,18H2,1H3,(H,29,32). The molecule has 34 heavy (non-hydrogen) atoms. The molecule has 0 spiro atoms. The number of hydrogen-bond donors (Lipinski definition) is 1. The van der Waals surface area contributed by atoms with Gasteiger partial charge in [0.1, 0.15) is 10.8 Å². The van der Waals surface area contributed by atoms with Gasteiger partial charge in [-0.2, -0.15) is 0 Å². The van der Waals surface area contributed by atoms with Crippen LogP contribution in [0, 0.1) is 0 Å². The third kappa shape index (κ3) is 4.72. The van der Waals surface area contributed by atoms with Crippen LogP contribution < -0.4 is 10.1 Å². The number of nitrogens with zero attached hydrogens (tertiary/aromatic N) is 2. The van der Waals surface area contributed by atoms with Gasteiger partial charge in [0.25, 0.3) is 0 Å². The van der Waals surface area contributed by atoms with E-state index in [0.29, 0.717) is 12.4 Å². The second-order valence-electron chi connectivity index (χ2n) is 7.70. The Morgan fingerprint density at radius 2 is 1.62 bits per heavy atom. The van der Waals surface area contributed by atoms with Gasteiger partial charge in [-0.25, -0.2) is 9.97 Å². The van der Waals surface area contributed by atoms with E-state index in [1.165, 1.54) is 11.8 Å². The Labute approximate surface area is 202 Å². The number of fused-ring (bicyclic) bond motifs is 3. The predicted molar refractivity (Wildman–Crippen MR) is 139 cm³/mol. The van der Waals surface area contributed by atoms with Crippen LogP contribution in [-0.2, 0) is 4.79 Å². The summed E-state index contributed by atoms with van der Waals surface area (Å²) in [7, 11) is 0. The van der Waals surface area contributed by atoms with E-state index in [2.05, 4.69) is 23.5 Å². The summed E-state index contributed by atoms with van der Waals surface area (Å²) in [6, 6.07) is 29.6. The molecule has 1 heterocycles. The molecule has 1 amide bonds. The highest BCUT2D eigenvalue weighted by molar-refractivity contribution is 8.00. The van der Waals surface area contributed by atoms with E-state index in [-0.39, 0.29) is 11.7 Å². The highest BCUT2D eigenvalue weighted by Gasteiger charge is 2.14. The van der Waals surface area contributed by atoms with Gasteiger partial charge in [-0.15, -0.1) is 0 Å². The van der Waals surface area contributed by atoms with Crippen LogP contribution >= 0.6 is 11.8 Å². The van der Waals surface area contributed by atoms with Crippen molar-refractivity contribution >= 4 is 45.0 Å². The number of benzene rings is 4. The molecule has 168 valence electrons. The van der Waals surface area contributed by atoms with Crippen molar-refractivity contribution in [3.63, 3.8) is 0 Å². The van der Waals surface area contributed by atoms with Crippen LogP contribution in [0.4, 0.5) is 5.69 Å². The number of hydrogen-bond acceptors (Lipinski definition) is 5. The predicted octanol–water partition coefficient (Wildman–Crippen LogP) is 6.58. The first-order valence-electron chi connectivity index (χ1n) is 11.1. The number of nitrogens with one attached hydrogen (secondary N) is 1. The van der Waals surface area contributed by atoms with Crippen molar-refractivity contribution in [3.05, 3.63) is 91.0 Å². The molecule has 0 saturated heterocycles. The summed E-state index contributed by atoms with van der Waals surface area (Å²) in [4.78, 5) is 22.5. The van der Waals surface area contributed by atoms with Crippen molar-refractivity contribution in [1.29, 1.82) is 0 Å². The Morgan fingerprint density at radius 3 is 2.41 bits per heavy atom. The van der Waals surface area contributed by atoms with Gasteiger partial charge < -0.3 is 10.1 Å². The average Bonchev–Trinajstić information content (AvgIpc) is 2.89. The van der Waals surface area contributed by atoms with E-state index in [4.69, 9.17) is 14.7 Å². The number of aromatic nitrogens is 2. The minimum absolute atomic E-state index is 0.0945. The summed E-state index contributed by atoms with van der Waals surface area (Å²) in [6.45, 7) is 2.55. The van der Waals surface area contributed by atoms with E-state index in [9.17, 15) is 4.79 Å². The van der Waals surface area contributed by atoms with Crippen LogP contribution in [0.5, 0.6) is 5.75 Å². The molecule has 1 N–H and O–H groups in total. The Balaban J connectivity index is 1.44. The normalized spacial score (nSPS) is 11.0. The molecule has 6 heteroatoms. The minimum Gasteiger partial charge on any atom is -0.494 e. The Morgan fingerprint density at radius 1 is 0.853 bits per heavy atom. The number of amides is 1. The summed E-state index contributed by atoms with van der Waals surface area (Å²) in [5.74, 6) is 1.57. The van der Waals surface area contributed by atoms with Crippen LogP contribution in [0.2, 0.25) is 0 Å². The largest absolute Gasteiger partial charge is 0.494 e. The molecule has 0 fully saturated rings. The van der Waals surface area contributed by atoms with Gasteiger partial charge in [-0.1, -0.05) is 72.4 Å². The molecule has 5 nitrogen and oxygen atoms in total. The molecule has 5 rings (SSSR count). The SMILES string of the molecule is CCOc1ccc(NC(=O)CSc2nc(-c3ccccc3)nc3c2ccc2ccccc23)cc1. The maximum absolute atomic E-state index is 12.7. The van der Waals surface area contributed by atoms with Crippen LogP contribution in [0.1, 0.15) is 6.92 Å². The Hall–Kier alpha value is -3.90. The summed E-state index contributed by atoms with van der Waals surface area (Å²) in [5.41, 5.74) is 2.57. The molecule has 5 aromatic rings. The van der Waals surface area contributed by atoms with Crippen molar-refractivity contribution in [3.8, 4) is 17.1 Å². The smallest absolute Gasteiger partial charge is 0.234 e. The lowest BCUT2D eigenvalue weighted by Crippen LogP contribution is -2.14. The first-order valence-corrected chi connectivity index (χ1v) is 12.1. The Bertz CT molecular complexity index is 1450. The molecular weight excluding hydrogens is 442 g/mol. The third-order valence-electron chi connectivity index (χ3n) is 5.38. The number of rotatable bonds is 7. The first kappa shape index (κ1) is 21.9. The highest BCUT2D eigenvalue weighted by Crippen LogP contribution is 2.32. The van der Waals surface area contributed by atoms with E-state index >= 15 is 0 Å². The van der Waals surface area contributed by atoms with Gasteiger partial charge in [0.2, 0.25) is 5.91 Å². The summed E-state index contributed by atoms with van der Waals surface area (Å²) in [5, 5.41) is 6.87. The van der Waals surface area contributed by atoms with E-state index in [0.717, 1.165) is 43.7 Å². The fraction of sp³-hybridized carbons (Fsp3) is 0.107. The lowest BCUT2D eigenvalue weighted by molar-refractivity contribution is -0.113. The fourth-order valence-electron chi connectivity index (χ4n) is 3.79. The fourth-order valence-corrected chi connectivity index (χ4v) is 4.61. The zero-order valence-corrected chi connectivity index (χ0v) is 19.5. The molecule has 0 aliphatic rings. The van der Waals surface area contributed by atoms with Crippen molar-refractivity contribution < 1.29 is 9.53 Å². The zero-order chi connectivity index (χ0) is 23.3. The first-order chi connectivity index (χ1) is 16.7. The molecule has 0 saturated carbocycles. The van der Waals surface area contributed by atoms with Crippen molar-refractivity contribution in [1.82, 2.24) is 9.97 Å². The van der Waals surface area contributed by atoms with Crippen LogP contribution in [-0.4, -0.2) is 28.2 Å². The zero-order valence-electron chi connectivity index (χ0n) is 18.7. The van der Waals surface area contributed by atoms with Gasteiger partial charge in [-0.3, -0.25) is 4.79 Å². The third-order valence-corrected chi connectivity index (χ3v) is 6.37. The molecule has 4 aromatic carbocycles. The number of carbonyl (C=O) groups excluding carboxylic acids is 1. The maximum atomic E-state index is 12.7. The number of thioether (sulfide) groups is 1. The lowest BCUT2D eigenvalue weighted by Gasteiger charge is -2.11. The van der Waals surface area contributed by atoms with Gasteiger partial charge in [0, 0.05) is 22.0 Å². The van der Waals surface area contributed by atoms with Gasteiger partial charge in [0.05, 0.1) is 17.9 Å². The summed E-state index contributed by atoms with van der Waals surface area (Å²) in [6.07, 6.45) is 0. The number of carbonyl (C=O) groups is 1. The summed E-state index contributed by atoms with van der Waals surface area (Å²) >= 11 is 1.42. The molecule has 0 radical (unpaired) electrons. The van der Waals surface area contributed by atoms with E-state index in [1.54, 1.807) is 0 Å². The lowest BCUT2D eigenvalue weighted by atomic mass is 10.1. The number of ether oxygens (including phenoxy) is 1. The molecular formula is C28H23N3O2S. The van der Waals surface area contributed by atoms with Gasteiger partial charge in [-0.05, 0) is 42.6 Å². The Kier molecular flexibility index (Phi) is 6.40. The monoisotopic (exact) mass is 465 g/mol. The maximum Gasteiger partial charge on any atom is 0.234 e. The van der Waals surface area contributed by atoms with E-state index in [1.807, 2.05) is 79.7 Å². The molecule has 0 aliphatic carbocycles. The quantitative estimate of drug-likeness (QED) is 0.167. The molecule has 0 unspecified atom stereocenters. The van der Waals surface area contributed by atoms with Crippen LogP contribution in [0.25, 0.3) is 33.1 Å². The second kappa shape index (κ2) is 9.93. The van der Waals surface area contributed by atoms with Gasteiger partial charge in [0.15, 0.2) is 5.82 Å². The molecule has 1 aromatic heterocycles. The highest BCUT2D eigenvalue weighted by atomic mass is 32.2. The van der Waals surface area contributed by atoms with Gasteiger partial charge >= 0.3 is 0 Å². The molecule has 0 atom stereocenters. The molecule has 0 bridgehead atoms. The molecule has 0 aliphatic heterocycles. The minimum atomic E-state index is -0.0945. The van der Waals surface area contributed by atoms with Crippen molar-refractivity contribution in [2.75, 3.05) is 17.7 Å². The summed E-state index contributed by atoms with van der Waals surface area (Å²) < 4.78 is 5.46. The van der Waals surface area contributed by atoms with E-state index < -0.39 is 0 Å².